The van der Waals surface area contributed by atoms with Crippen molar-refractivity contribution in [3.05, 3.63) is 69.7 Å². The lowest BCUT2D eigenvalue weighted by atomic mass is 10.1. The third kappa shape index (κ3) is 4.33. The van der Waals surface area contributed by atoms with Gasteiger partial charge in [0.05, 0.1) is 12.1 Å². The number of nitrogens with zero attached hydrogens (tertiary/aromatic N) is 3. The highest BCUT2D eigenvalue weighted by molar-refractivity contribution is 7.16. The fourth-order valence-corrected chi connectivity index (χ4v) is 5.58. The quantitative estimate of drug-likeness (QED) is 0.405. The summed E-state index contributed by atoms with van der Waals surface area (Å²) in [6.07, 6.45) is 0.949. The summed E-state index contributed by atoms with van der Waals surface area (Å²) in [4.78, 5) is 37.5. The number of thiazole rings is 1. The van der Waals surface area contributed by atoms with E-state index in [2.05, 4.69) is 16.4 Å². The number of oxazole rings is 1. The molecule has 0 saturated carbocycles. The Morgan fingerprint density at radius 2 is 1.89 bits per heavy atom. The number of benzene rings is 2. The normalized spacial score (nSPS) is 13.6. The molecule has 1 N–H and O–H groups in total. The standard InChI is InChI=1S/C27H24N4O5S/c1-14-24(28-16(3)36-14)26(33)31-9-8-18-12-19(5-6-20(18)31)25-15(2)37-27(30-25)29-23(32)11-17-4-7-21-22(10-17)35-13-34-21/h4-7,10,12H,8-9,11,13H2,1-3H3,(H,29,30,32). The van der Waals surface area contributed by atoms with Gasteiger partial charge < -0.3 is 24.1 Å². The predicted octanol–water partition coefficient (Wildman–Crippen LogP) is 4.84. The van der Waals surface area contributed by atoms with E-state index in [1.807, 2.05) is 37.3 Å². The molecule has 0 fully saturated rings. The first-order valence-corrected chi connectivity index (χ1v) is 12.7. The van der Waals surface area contributed by atoms with E-state index in [1.165, 1.54) is 11.3 Å². The Bertz CT molecular complexity index is 1560. The van der Waals surface area contributed by atoms with Crippen LogP contribution in [0.2, 0.25) is 0 Å². The second-order valence-corrected chi connectivity index (χ2v) is 10.2. The van der Waals surface area contributed by atoms with Crippen molar-refractivity contribution >= 4 is 34.0 Å². The molecule has 2 aromatic carbocycles. The highest BCUT2D eigenvalue weighted by Gasteiger charge is 2.29. The summed E-state index contributed by atoms with van der Waals surface area (Å²) >= 11 is 1.44. The average molecular weight is 517 g/mol. The van der Waals surface area contributed by atoms with Gasteiger partial charge in [-0.15, -0.1) is 11.3 Å². The maximum absolute atomic E-state index is 13.1. The lowest BCUT2D eigenvalue weighted by Gasteiger charge is -2.16. The Kier molecular flexibility index (Phi) is 5.68. The zero-order valence-corrected chi connectivity index (χ0v) is 21.4. The number of nitrogens with one attached hydrogen (secondary N) is 1. The minimum Gasteiger partial charge on any atom is -0.454 e. The van der Waals surface area contributed by atoms with E-state index in [-0.39, 0.29) is 25.0 Å². The van der Waals surface area contributed by atoms with Crippen LogP contribution in [0.25, 0.3) is 11.3 Å². The van der Waals surface area contributed by atoms with Gasteiger partial charge in [0.15, 0.2) is 28.2 Å². The SMILES string of the molecule is Cc1nc(C(=O)N2CCc3cc(-c4nc(NC(=O)Cc5ccc6c(c5)OCO6)sc4C)ccc32)c(C)o1. The number of hydrogen-bond donors (Lipinski definition) is 1. The van der Waals surface area contributed by atoms with Gasteiger partial charge in [-0.3, -0.25) is 9.59 Å². The number of aryl methyl sites for hydroxylation is 3. The van der Waals surface area contributed by atoms with Crippen LogP contribution in [0.15, 0.2) is 40.8 Å². The van der Waals surface area contributed by atoms with Gasteiger partial charge in [0.1, 0.15) is 5.76 Å². The number of rotatable bonds is 5. The van der Waals surface area contributed by atoms with Crippen LogP contribution in [0.4, 0.5) is 10.8 Å². The first-order valence-electron chi connectivity index (χ1n) is 11.9. The maximum atomic E-state index is 13.1. The number of carbonyl (C=O) groups excluding carboxylic acids is 2. The summed E-state index contributed by atoms with van der Waals surface area (Å²) in [5.74, 6) is 2.04. The maximum Gasteiger partial charge on any atom is 0.280 e. The van der Waals surface area contributed by atoms with Gasteiger partial charge in [-0.05, 0) is 55.7 Å². The molecule has 188 valence electrons. The second-order valence-electron chi connectivity index (χ2n) is 9.02. The van der Waals surface area contributed by atoms with Crippen LogP contribution in [-0.2, 0) is 17.6 Å². The van der Waals surface area contributed by atoms with Gasteiger partial charge in [0.2, 0.25) is 12.7 Å². The number of carbonyl (C=O) groups is 2. The van der Waals surface area contributed by atoms with Gasteiger partial charge in [-0.1, -0.05) is 12.1 Å². The molecule has 0 aliphatic carbocycles. The molecule has 0 radical (unpaired) electrons. The van der Waals surface area contributed by atoms with Crippen LogP contribution in [-0.4, -0.2) is 35.1 Å². The minimum absolute atomic E-state index is 0.152. The van der Waals surface area contributed by atoms with Crippen LogP contribution >= 0.6 is 11.3 Å². The number of ether oxygens (including phenoxy) is 2. The molecule has 2 aliphatic heterocycles. The molecular formula is C27H24N4O5S. The molecule has 10 heteroatoms. The Morgan fingerprint density at radius 1 is 1.05 bits per heavy atom. The third-order valence-electron chi connectivity index (χ3n) is 6.44. The van der Waals surface area contributed by atoms with Gasteiger partial charge in [-0.2, -0.15) is 0 Å². The molecule has 0 bridgehead atoms. The first-order chi connectivity index (χ1) is 17.9. The molecule has 2 aromatic heterocycles. The average Bonchev–Trinajstić information content (AvgIpc) is 3.64. The van der Waals surface area contributed by atoms with Crippen molar-refractivity contribution in [2.45, 2.75) is 33.6 Å². The van der Waals surface area contributed by atoms with E-state index in [0.717, 1.165) is 39.4 Å². The molecule has 4 heterocycles. The van der Waals surface area contributed by atoms with Gasteiger partial charge in [0, 0.05) is 29.6 Å². The smallest absolute Gasteiger partial charge is 0.280 e. The largest absolute Gasteiger partial charge is 0.454 e. The van der Waals surface area contributed by atoms with Crippen LogP contribution < -0.4 is 19.7 Å². The Labute approximate surface area is 217 Å². The van der Waals surface area contributed by atoms with E-state index in [0.29, 0.717) is 40.5 Å². The topological polar surface area (TPSA) is 107 Å². The van der Waals surface area contributed by atoms with Crippen LogP contribution in [0, 0.1) is 20.8 Å². The Morgan fingerprint density at radius 3 is 2.70 bits per heavy atom. The molecule has 37 heavy (non-hydrogen) atoms. The summed E-state index contributed by atoms with van der Waals surface area (Å²) in [6, 6.07) is 11.5. The lowest BCUT2D eigenvalue weighted by Crippen LogP contribution is -2.29. The molecule has 0 unspecified atom stereocenters. The number of fused-ring (bicyclic) bond motifs is 2. The monoisotopic (exact) mass is 516 g/mol. The number of anilines is 2. The molecule has 2 amide bonds. The van der Waals surface area contributed by atoms with E-state index < -0.39 is 0 Å². The minimum atomic E-state index is -0.154. The molecule has 2 aliphatic rings. The molecule has 0 atom stereocenters. The molecule has 4 aromatic rings. The zero-order valence-electron chi connectivity index (χ0n) is 20.6. The summed E-state index contributed by atoms with van der Waals surface area (Å²) in [7, 11) is 0. The van der Waals surface area contributed by atoms with Crippen molar-refractivity contribution < 1.29 is 23.5 Å². The van der Waals surface area contributed by atoms with Crippen molar-refractivity contribution in [1.82, 2.24) is 9.97 Å². The van der Waals surface area contributed by atoms with Crippen molar-refractivity contribution in [2.24, 2.45) is 0 Å². The zero-order chi connectivity index (χ0) is 25.7. The van der Waals surface area contributed by atoms with Crippen molar-refractivity contribution in [3.63, 3.8) is 0 Å². The van der Waals surface area contributed by atoms with E-state index in [1.54, 1.807) is 18.7 Å². The highest BCUT2D eigenvalue weighted by atomic mass is 32.1. The van der Waals surface area contributed by atoms with E-state index in [9.17, 15) is 9.59 Å². The fraction of sp³-hybridized carbons (Fsp3) is 0.259. The van der Waals surface area contributed by atoms with Gasteiger partial charge in [-0.25, -0.2) is 9.97 Å². The predicted molar refractivity (Wildman–Crippen MR) is 139 cm³/mol. The summed E-state index contributed by atoms with van der Waals surface area (Å²) in [5, 5.41) is 3.47. The number of hydrogen-bond acceptors (Lipinski definition) is 8. The summed E-state index contributed by atoms with van der Waals surface area (Å²) in [5.41, 5.74) is 4.91. The number of amides is 2. The summed E-state index contributed by atoms with van der Waals surface area (Å²) < 4.78 is 16.2. The van der Waals surface area contributed by atoms with Crippen molar-refractivity contribution in [1.29, 1.82) is 0 Å². The third-order valence-corrected chi connectivity index (χ3v) is 7.33. The Hall–Kier alpha value is -4.18. The number of aromatic nitrogens is 2. The molecule has 0 spiro atoms. The van der Waals surface area contributed by atoms with Crippen molar-refractivity contribution in [3.8, 4) is 22.8 Å². The summed E-state index contributed by atoms with van der Waals surface area (Å²) in [6.45, 7) is 6.26. The molecular weight excluding hydrogens is 492 g/mol. The van der Waals surface area contributed by atoms with Crippen LogP contribution in [0.5, 0.6) is 11.5 Å². The highest BCUT2D eigenvalue weighted by Crippen LogP contribution is 2.37. The molecule has 9 nitrogen and oxygen atoms in total. The second kappa shape index (κ2) is 9.04. The van der Waals surface area contributed by atoms with E-state index in [4.69, 9.17) is 18.9 Å². The fourth-order valence-electron chi connectivity index (χ4n) is 4.73. The molecule has 6 rings (SSSR count). The van der Waals surface area contributed by atoms with Gasteiger partial charge in [0.25, 0.3) is 5.91 Å². The lowest BCUT2D eigenvalue weighted by molar-refractivity contribution is -0.115. The van der Waals surface area contributed by atoms with E-state index >= 15 is 0 Å². The Balaban J connectivity index is 1.17. The first kappa shape index (κ1) is 23.2. The van der Waals surface area contributed by atoms with Crippen LogP contribution in [0.3, 0.4) is 0 Å². The van der Waals surface area contributed by atoms with Gasteiger partial charge >= 0.3 is 0 Å². The molecule has 0 saturated heterocycles. The van der Waals surface area contributed by atoms with Crippen LogP contribution in [0.1, 0.15) is 38.1 Å². The van der Waals surface area contributed by atoms with Crippen molar-refractivity contribution in [2.75, 3.05) is 23.6 Å².